The quantitative estimate of drug-likeness (QED) is 0.158. The lowest BCUT2D eigenvalue weighted by molar-refractivity contribution is 0.998. The zero-order chi connectivity index (χ0) is 40.3. The average Bonchev–Trinajstić information content (AvgIpc) is 3.70. The highest BCUT2D eigenvalue weighted by atomic mass is 15.2. The Kier molecular flexibility index (Phi) is 8.10. The summed E-state index contributed by atoms with van der Waals surface area (Å²) in [5.74, 6) is 1.31. The SMILES string of the molecule is c1ccc(-c2cc(-c3ccccc3)nc(-c3cc4c5ccccc5c5c(c6ccccc6n5-c5nc(-c6ccccc6)cc(-c6ccccc6)n5)c4c4ccccc34)n2)cc1. The number of hydrogen-bond donors (Lipinski definition) is 0. The number of para-hydroxylation sites is 1. The second kappa shape index (κ2) is 14.2. The highest BCUT2D eigenvalue weighted by Crippen LogP contribution is 2.47. The van der Waals surface area contributed by atoms with E-state index in [1.807, 2.05) is 24.3 Å². The molecule has 0 fully saturated rings. The van der Waals surface area contributed by atoms with Crippen LogP contribution in [0.2, 0.25) is 0 Å². The minimum atomic E-state index is 0.622. The summed E-state index contributed by atoms with van der Waals surface area (Å²) in [6, 6.07) is 74.2. The molecule has 0 unspecified atom stereocenters. The van der Waals surface area contributed by atoms with Crippen molar-refractivity contribution >= 4 is 54.1 Å². The molecule has 5 nitrogen and oxygen atoms in total. The van der Waals surface area contributed by atoms with Crippen molar-refractivity contribution in [3.63, 3.8) is 0 Å². The lowest BCUT2D eigenvalue weighted by Crippen LogP contribution is -2.04. The molecule has 9 aromatic carbocycles. The predicted molar refractivity (Wildman–Crippen MR) is 252 cm³/mol. The lowest BCUT2D eigenvalue weighted by Gasteiger charge is -2.16. The molecular weight excluding hydrogens is 743 g/mol. The number of fused-ring (bicyclic) bond motifs is 10. The molecule has 0 spiro atoms. The second-order valence-electron chi connectivity index (χ2n) is 15.4. The van der Waals surface area contributed by atoms with E-state index in [0.29, 0.717) is 11.8 Å². The fourth-order valence-corrected chi connectivity index (χ4v) is 9.05. The first-order chi connectivity index (χ1) is 30.3. The van der Waals surface area contributed by atoms with E-state index in [-0.39, 0.29) is 0 Å². The first kappa shape index (κ1) is 34.7. The third-order valence-electron chi connectivity index (χ3n) is 11.8. The van der Waals surface area contributed by atoms with Gasteiger partial charge < -0.3 is 0 Å². The minimum absolute atomic E-state index is 0.622. The fourth-order valence-electron chi connectivity index (χ4n) is 9.05. The van der Waals surface area contributed by atoms with E-state index in [9.17, 15) is 0 Å². The van der Waals surface area contributed by atoms with Gasteiger partial charge in [-0.15, -0.1) is 0 Å². The molecule has 0 aliphatic rings. The topological polar surface area (TPSA) is 56.5 Å². The van der Waals surface area contributed by atoms with E-state index in [2.05, 4.69) is 193 Å². The third-order valence-corrected chi connectivity index (χ3v) is 11.8. The zero-order valence-corrected chi connectivity index (χ0v) is 32.9. The maximum Gasteiger partial charge on any atom is 0.235 e. The van der Waals surface area contributed by atoms with Crippen LogP contribution in [0, 0.1) is 0 Å². The van der Waals surface area contributed by atoms with Crippen molar-refractivity contribution in [1.29, 1.82) is 0 Å². The van der Waals surface area contributed by atoms with Crippen molar-refractivity contribution < 1.29 is 0 Å². The van der Waals surface area contributed by atoms with Gasteiger partial charge in [0.15, 0.2) is 5.82 Å². The van der Waals surface area contributed by atoms with Crippen molar-refractivity contribution in [3.05, 3.63) is 212 Å². The highest BCUT2D eigenvalue weighted by molar-refractivity contribution is 6.37. The van der Waals surface area contributed by atoms with E-state index in [0.717, 1.165) is 99.3 Å². The van der Waals surface area contributed by atoms with Gasteiger partial charge in [-0.05, 0) is 45.8 Å². The molecule has 3 aromatic heterocycles. The fraction of sp³-hybridized carbons (Fsp3) is 0. The van der Waals surface area contributed by atoms with Crippen LogP contribution in [0.4, 0.5) is 0 Å². The summed E-state index contributed by atoms with van der Waals surface area (Å²) >= 11 is 0. The molecule has 0 saturated carbocycles. The summed E-state index contributed by atoms with van der Waals surface area (Å²) in [7, 11) is 0. The second-order valence-corrected chi connectivity index (χ2v) is 15.4. The molecule has 3 heterocycles. The molecule has 12 aromatic rings. The Labute approximate surface area is 351 Å². The van der Waals surface area contributed by atoms with Gasteiger partial charge in [0.1, 0.15) is 0 Å². The molecule has 284 valence electrons. The number of aromatic nitrogens is 5. The Morgan fingerprint density at radius 3 is 1.23 bits per heavy atom. The Morgan fingerprint density at radius 1 is 0.295 bits per heavy atom. The van der Waals surface area contributed by atoms with E-state index < -0.39 is 0 Å². The highest BCUT2D eigenvalue weighted by Gasteiger charge is 2.24. The van der Waals surface area contributed by atoms with E-state index >= 15 is 0 Å². The summed E-state index contributed by atoms with van der Waals surface area (Å²) in [5, 5.41) is 9.06. The number of rotatable bonds is 6. The van der Waals surface area contributed by atoms with Crippen LogP contribution in [0.5, 0.6) is 0 Å². The average molecular weight is 778 g/mol. The van der Waals surface area contributed by atoms with Gasteiger partial charge in [-0.3, -0.25) is 4.57 Å². The Morgan fingerprint density at radius 2 is 0.705 bits per heavy atom. The molecule has 0 atom stereocenters. The monoisotopic (exact) mass is 777 g/mol. The van der Waals surface area contributed by atoms with Crippen LogP contribution >= 0.6 is 0 Å². The van der Waals surface area contributed by atoms with Gasteiger partial charge in [-0.2, -0.15) is 0 Å². The van der Waals surface area contributed by atoms with Gasteiger partial charge >= 0.3 is 0 Å². The largest absolute Gasteiger partial charge is 0.277 e. The van der Waals surface area contributed by atoms with Crippen LogP contribution in [0.1, 0.15) is 0 Å². The molecule has 61 heavy (non-hydrogen) atoms. The Balaban J connectivity index is 1.21. The molecule has 0 N–H and O–H groups in total. The summed E-state index contributed by atoms with van der Waals surface area (Å²) in [4.78, 5) is 21.4. The summed E-state index contributed by atoms with van der Waals surface area (Å²) in [5.41, 5.74) is 10.7. The normalized spacial score (nSPS) is 11.6. The third kappa shape index (κ3) is 5.78. The molecule has 0 aliphatic carbocycles. The van der Waals surface area contributed by atoms with Gasteiger partial charge in [-0.25, -0.2) is 19.9 Å². The van der Waals surface area contributed by atoms with Gasteiger partial charge in [0.2, 0.25) is 5.95 Å². The van der Waals surface area contributed by atoms with Crippen LogP contribution in [-0.4, -0.2) is 24.5 Å². The van der Waals surface area contributed by atoms with Crippen molar-refractivity contribution in [1.82, 2.24) is 24.5 Å². The van der Waals surface area contributed by atoms with Crippen molar-refractivity contribution in [3.8, 4) is 62.4 Å². The van der Waals surface area contributed by atoms with Crippen LogP contribution in [0.3, 0.4) is 0 Å². The van der Waals surface area contributed by atoms with Crippen LogP contribution in [0.15, 0.2) is 212 Å². The molecule has 0 aliphatic heterocycles. The van der Waals surface area contributed by atoms with Crippen LogP contribution in [0.25, 0.3) is 116 Å². The molecule has 0 bridgehead atoms. The Hall–Kier alpha value is -8.28. The molecular formula is C56H35N5. The van der Waals surface area contributed by atoms with E-state index in [1.165, 1.54) is 5.39 Å². The first-order valence-electron chi connectivity index (χ1n) is 20.6. The maximum absolute atomic E-state index is 5.38. The first-order valence-corrected chi connectivity index (χ1v) is 20.6. The van der Waals surface area contributed by atoms with Crippen LogP contribution in [-0.2, 0) is 0 Å². The number of hydrogen-bond acceptors (Lipinski definition) is 4. The van der Waals surface area contributed by atoms with Gasteiger partial charge in [-0.1, -0.05) is 188 Å². The number of benzene rings is 9. The van der Waals surface area contributed by atoms with Crippen LogP contribution < -0.4 is 0 Å². The molecule has 0 saturated heterocycles. The summed E-state index contributed by atoms with van der Waals surface area (Å²) < 4.78 is 2.28. The standard InChI is InChI=1S/C56H35N5/c1-5-19-36(20-6-1)47-34-48(37-21-7-2-8-22-37)58-55(57-47)46-33-45-41-28-14-16-30-43(41)54-53(52(45)42-29-15-13-27-40(42)46)44-31-17-18-32-51(44)61(54)56-59-49(38-23-9-3-10-24-38)35-50(60-56)39-25-11-4-12-26-39/h1-35H. The summed E-state index contributed by atoms with van der Waals surface area (Å²) in [6.45, 7) is 0. The molecule has 0 amide bonds. The predicted octanol–water partition coefficient (Wildman–Crippen LogP) is 14.2. The van der Waals surface area contributed by atoms with Gasteiger partial charge in [0.25, 0.3) is 0 Å². The summed E-state index contributed by atoms with van der Waals surface area (Å²) in [6.07, 6.45) is 0. The van der Waals surface area contributed by atoms with Crippen molar-refractivity contribution in [2.45, 2.75) is 0 Å². The number of nitrogens with zero attached hydrogens (tertiary/aromatic N) is 5. The minimum Gasteiger partial charge on any atom is -0.277 e. The van der Waals surface area contributed by atoms with Gasteiger partial charge in [0, 0.05) is 49.4 Å². The van der Waals surface area contributed by atoms with Crippen molar-refractivity contribution in [2.75, 3.05) is 0 Å². The molecule has 0 radical (unpaired) electrons. The van der Waals surface area contributed by atoms with E-state index in [4.69, 9.17) is 19.9 Å². The van der Waals surface area contributed by atoms with Crippen molar-refractivity contribution in [2.24, 2.45) is 0 Å². The smallest absolute Gasteiger partial charge is 0.235 e. The van der Waals surface area contributed by atoms with E-state index in [1.54, 1.807) is 0 Å². The molecule has 5 heteroatoms. The zero-order valence-electron chi connectivity index (χ0n) is 32.9. The van der Waals surface area contributed by atoms with Gasteiger partial charge in [0.05, 0.1) is 33.8 Å². The lowest BCUT2D eigenvalue weighted by atomic mass is 9.90. The maximum atomic E-state index is 5.38. The molecule has 12 rings (SSSR count). The Bertz CT molecular complexity index is 3500.